The molecule has 1 aliphatic heterocycles. The molecule has 1 heterocycles. The van der Waals surface area contributed by atoms with E-state index in [2.05, 4.69) is 13.8 Å². The van der Waals surface area contributed by atoms with Gasteiger partial charge in [-0.25, -0.2) is 0 Å². The first-order chi connectivity index (χ1) is 6.20. The zero-order valence-corrected chi connectivity index (χ0v) is 8.75. The summed E-state index contributed by atoms with van der Waals surface area (Å²) in [5.41, 5.74) is 0. The van der Waals surface area contributed by atoms with Gasteiger partial charge < -0.3 is 9.64 Å². The second-order valence-electron chi connectivity index (χ2n) is 3.68. The van der Waals surface area contributed by atoms with Crippen LogP contribution in [-0.2, 0) is 9.53 Å². The summed E-state index contributed by atoms with van der Waals surface area (Å²) in [5.74, 6) is 0.170. The molecule has 2 atom stereocenters. The van der Waals surface area contributed by atoms with Gasteiger partial charge in [0.05, 0.1) is 0 Å². The number of likely N-dealkylation sites (tertiary alicyclic amines) is 1. The lowest BCUT2D eigenvalue weighted by atomic mass is 10.2. The molecule has 3 heteroatoms. The zero-order chi connectivity index (χ0) is 9.84. The lowest BCUT2D eigenvalue weighted by molar-refractivity contribution is -0.137. The average molecular weight is 185 g/mol. The number of carbonyl (C=O) groups is 1. The summed E-state index contributed by atoms with van der Waals surface area (Å²) in [6.07, 6.45) is 2.88. The van der Waals surface area contributed by atoms with Crippen molar-refractivity contribution >= 4 is 5.91 Å². The van der Waals surface area contributed by atoms with E-state index in [1.807, 2.05) is 4.90 Å². The predicted octanol–water partition coefficient (Wildman–Crippen LogP) is 1.42. The number of hydrogen-bond donors (Lipinski definition) is 0. The van der Waals surface area contributed by atoms with Crippen LogP contribution in [0.15, 0.2) is 0 Å². The van der Waals surface area contributed by atoms with Crippen LogP contribution < -0.4 is 0 Å². The van der Waals surface area contributed by atoms with Crippen LogP contribution in [0.4, 0.5) is 0 Å². The van der Waals surface area contributed by atoms with Crippen LogP contribution in [0.1, 0.15) is 33.1 Å². The van der Waals surface area contributed by atoms with E-state index in [1.165, 1.54) is 0 Å². The molecular weight excluding hydrogens is 166 g/mol. The molecule has 0 aliphatic carbocycles. The quantitative estimate of drug-likeness (QED) is 0.663. The van der Waals surface area contributed by atoms with Gasteiger partial charge in [0.25, 0.3) is 5.91 Å². The highest BCUT2D eigenvalue weighted by atomic mass is 16.5. The molecule has 2 unspecified atom stereocenters. The Morgan fingerprint density at radius 2 is 2.38 bits per heavy atom. The molecule has 1 fully saturated rings. The van der Waals surface area contributed by atoms with Crippen molar-refractivity contribution in [3.05, 3.63) is 0 Å². The molecular formula is C10H19NO2. The molecule has 0 radical (unpaired) electrons. The van der Waals surface area contributed by atoms with Gasteiger partial charge in [-0.15, -0.1) is 0 Å². The van der Waals surface area contributed by atoms with Crippen molar-refractivity contribution < 1.29 is 9.53 Å². The first-order valence-electron chi connectivity index (χ1n) is 5.04. The fraction of sp³-hybridized carbons (Fsp3) is 0.900. The number of rotatable bonds is 4. The molecule has 3 nitrogen and oxygen atoms in total. The first-order valence-corrected chi connectivity index (χ1v) is 5.04. The molecule has 0 N–H and O–H groups in total. The van der Waals surface area contributed by atoms with E-state index in [0.717, 1.165) is 25.8 Å². The standard InChI is InChI=1S/C10H19NO2/c1-4-5-8(2)11-7-6-9(13-3)10(11)12/h8-9H,4-7H2,1-3H3. The van der Waals surface area contributed by atoms with E-state index in [0.29, 0.717) is 6.04 Å². The third kappa shape index (κ3) is 2.21. The van der Waals surface area contributed by atoms with Crippen LogP contribution >= 0.6 is 0 Å². The Labute approximate surface area is 80.1 Å². The van der Waals surface area contributed by atoms with Crippen LogP contribution in [-0.4, -0.2) is 36.6 Å². The van der Waals surface area contributed by atoms with Crippen LogP contribution in [0.2, 0.25) is 0 Å². The van der Waals surface area contributed by atoms with Crippen molar-refractivity contribution in [1.82, 2.24) is 4.90 Å². The Hall–Kier alpha value is -0.570. The fourth-order valence-corrected chi connectivity index (χ4v) is 1.90. The van der Waals surface area contributed by atoms with Crippen LogP contribution in [0, 0.1) is 0 Å². The molecule has 13 heavy (non-hydrogen) atoms. The summed E-state index contributed by atoms with van der Waals surface area (Å²) < 4.78 is 5.09. The Morgan fingerprint density at radius 1 is 1.69 bits per heavy atom. The number of hydrogen-bond acceptors (Lipinski definition) is 2. The summed E-state index contributed by atoms with van der Waals surface area (Å²) >= 11 is 0. The molecule has 1 amide bonds. The van der Waals surface area contributed by atoms with E-state index in [1.54, 1.807) is 7.11 Å². The van der Waals surface area contributed by atoms with E-state index in [-0.39, 0.29) is 12.0 Å². The van der Waals surface area contributed by atoms with Gasteiger partial charge in [-0.3, -0.25) is 4.79 Å². The van der Waals surface area contributed by atoms with Crippen LogP contribution in [0.5, 0.6) is 0 Å². The summed E-state index contributed by atoms with van der Waals surface area (Å²) in [6, 6.07) is 0.373. The van der Waals surface area contributed by atoms with Crippen molar-refractivity contribution in [2.24, 2.45) is 0 Å². The topological polar surface area (TPSA) is 29.5 Å². The van der Waals surface area contributed by atoms with E-state index in [9.17, 15) is 4.79 Å². The maximum Gasteiger partial charge on any atom is 0.251 e. The van der Waals surface area contributed by atoms with E-state index >= 15 is 0 Å². The van der Waals surface area contributed by atoms with Gasteiger partial charge >= 0.3 is 0 Å². The highest BCUT2D eigenvalue weighted by Gasteiger charge is 2.33. The van der Waals surface area contributed by atoms with Gasteiger partial charge in [-0.1, -0.05) is 13.3 Å². The number of amides is 1. The van der Waals surface area contributed by atoms with Crippen LogP contribution in [0.25, 0.3) is 0 Å². The van der Waals surface area contributed by atoms with Crippen molar-refractivity contribution in [1.29, 1.82) is 0 Å². The molecule has 0 aromatic carbocycles. The zero-order valence-electron chi connectivity index (χ0n) is 8.75. The summed E-state index contributed by atoms with van der Waals surface area (Å²) in [7, 11) is 1.61. The Kier molecular flexibility index (Phi) is 3.72. The molecule has 0 aromatic rings. The van der Waals surface area contributed by atoms with Crippen LogP contribution in [0.3, 0.4) is 0 Å². The van der Waals surface area contributed by atoms with E-state index in [4.69, 9.17) is 4.74 Å². The minimum absolute atomic E-state index is 0.170. The SMILES string of the molecule is CCCC(C)N1CCC(OC)C1=O. The smallest absolute Gasteiger partial charge is 0.251 e. The minimum Gasteiger partial charge on any atom is -0.372 e. The molecule has 1 saturated heterocycles. The number of ether oxygens (including phenoxy) is 1. The fourth-order valence-electron chi connectivity index (χ4n) is 1.90. The average Bonchev–Trinajstić information content (AvgIpc) is 2.47. The minimum atomic E-state index is -0.181. The second kappa shape index (κ2) is 4.61. The molecule has 0 aromatic heterocycles. The highest BCUT2D eigenvalue weighted by Crippen LogP contribution is 2.18. The maximum atomic E-state index is 11.7. The summed E-state index contributed by atoms with van der Waals surface area (Å²) in [4.78, 5) is 13.6. The molecule has 1 aliphatic rings. The molecule has 0 bridgehead atoms. The maximum absolute atomic E-state index is 11.7. The monoisotopic (exact) mass is 185 g/mol. The number of nitrogens with zero attached hydrogens (tertiary/aromatic N) is 1. The summed E-state index contributed by atoms with van der Waals surface area (Å²) in [5, 5.41) is 0. The Balaban J connectivity index is 2.49. The normalized spacial score (nSPS) is 25.3. The second-order valence-corrected chi connectivity index (χ2v) is 3.68. The van der Waals surface area contributed by atoms with Gasteiger partial charge in [0.1, 0.15) is 6.10 Å². The third-order valence-electron chi connectivity index (χ3n) is 2.71. The Bertz CT molecular complexity index is 182. The van der Waals surface area contributed by atoms with Crippen molar-refractivity contribution in [3.63, 3.8) is 0 Å². The van der Waals surface area contributed by atoms with E-state index < -0.39 is 0 Å². The van der Waals surface area contributed by atoms with Crippen molar-refractivity contribution in [2.45, 2.75) is 45.3 Å². The molecule has 76 valence electrons. The lowest BCUT2D eigenvalue weighted by Crippen LogP contribution is -2.37. The third-order valence-corrected chi connectivity index (χ3v) is 2.71. The lowest BCUT2D eigenvalue weighted by Gasteiger charge is -2.24. The van der Waals surface area contributed by atoms with Crippen molar-refractivity contribution in [3.8, 4) is 0 Å². The highest BCUT2D eigenvalue weighted by molar-refractivity contribution is 5.83. The van der Waals surface area contributed by atoms with Gasteiger partial charge in [-0.05, 0) is 13.3 Å². The van der Waals surface area contributed by atoms with Gasteiger partial charge in [0.15, 0.2) is 0 Å². The number of methoxy groups -OCH3 is 1. The first kappa shape index (κ1) is 10.5. The molecule has 0 saturated carbocycles. The summed E-state index contributed by atoms with van der Waals surface area (Å²) in [6.45, 7) is 5.11. The van der Waals surface area contributed by atoms with Gasteiger partial charge in [-0.2, -0.15) is 0 Å². The van der Waals surface area contributed by atoms with Gasteiger partial charge in [0, 0.05) is 26.1 Å². The Morgan fingerprint density at radius 3 is 2.85 bits per heavy atom. The largest absolute Gasteiger partial charge is 0.372 e. The molecule has 0 spiro atoms. The predicted molar refractivity (Wildman–Crippen MR) is 51.5 cm³/mol. The van der Waals surface area contributed by atoms with Crippen molar-refractivity contribution in [2.75, 3.05) is 13.7 Å². The number of carbonyl (C=O) groups excluding carboxylic acids is 1. The molecule has 1 rings (SSSR count). The van der Waals surface area contributed by atoms with Gasteiger partial charge in [0.2, 0.25) is 0 Å².